The molecule has 0 bridgehead atoms. The van der Waals surface area contributed by atoms with Gasteiger partial charge >= 0.3 is 5.97 Å². The summed E-state index contributed by atoms with van der Waals surface area (Å²) in [5.41, 5.74) is 5.47. The number of carbonyl (C=O) groups is 1. The van der Waals surface area contributed by atoms with Crippen molar-refractivity contribution >= 4 is 68.7 Å². The van der Waals surface area contributed by atoms with E-state index in [2.05, 4.69) is 55.7 Å². The summed E-state index contributed by atoms with van der Waals surface area (Å²) in [6.45, 7) is 0.320. The molecule has 0 saturated heterocycles. The summed E-state index contributed by atoms with van der Waals surface area (Å²) in [6.07, 6.45) is 1.65. The van der Waals surface area contributed by atoms with E-state index < -0.39 is 10.9 Å². The highest BCUT2D eigenvalue weighted by molar-refractivity contribution is 14.1. The molecule has 0 spiro atoms. The lowest BCUT2D eigenvalue weighted by atomic mass is 10.1. The third-order valence-electron chi connectivity index (χ3n) is 4.09. The molecule has 3 rings (SSSR count). The van der Waals surface area contributed by atoms with Crippen molar-refractivity contribution in [1.29, 1.82) is 0 Å². The maximum Gasteiger partial charge on any atom is 0.335 e. The van der Waals surface area contributed by atoms with Crippen LogP contribution < -0.4 is 10.2 Å². The molecule has 0 aromatic heterocycles. The molecule has 158 valence electrons. The first kappa shape index (κ1) is 22.9. The quantitative estimate of drug-likeness (QED) is 0.145. The number of hydrazone groups is 1. The summed E-state index contributed by atoms with van der Waals surface area (Å²) in [7, 11) is 0. The molecular weight excluding hydrogens is 628 g/mol. The van der Waals surface area contributed by atoms with Crippen molar-refractivity contribution in [3.63, 3.8) is 0 Å². The van der Waals surface area contributed by atoms with Crippen LogP contribution in [0, 0.1) is 17.3 Å². The Kier molecular flexibility index (Phi) is 7.79. The Bertz CT molecular complexity index is 1110. The van der Waals surface area contributed by atoms with Gasteiger partial charge in [-0.2, -0.15) is 5.10 Å². The minimum atomic E-state index is -0.961. The minimum absolute atomic E-state index is 0.0204. The maximum atomic E-state index is 10.9. The minimum Gasteiger partial charge on any atom is -0.487 e. The summed E-state index contributed by atoms with van der Waals surface area (Å²) in [5.74, 6) is -0.221. The van der Waals surface area contributed by atoms with Crippen LogP contribution in [0.25, 0.3) is 0 Å². The van der Waals surface area contributed by atoms with Crippen molar-refractivity contribution < 1.29 is 19.6 Å². The number of carboxylic acids is 1. The molecule has 0 radical (unpaired) electrons. The zero-order chi connectivity index (χ0) is 22.4. The average molecular weight is 643 g/mol. The van der Waals surface area contributed by atoms with Crippen LogP contribution in [0.1, 0.15) is 21.5 Å². The van der Waals surface area contributed by atoms with Gasteiger partial charge in [-0.3, -0.25) is 15.5 Å². The molecule has 0 saturated carbocycles. The van der Waals surface area contributed by atoms with Crippen molar-refractivity contribution in [1.82, 2.24) is 0 Å². The maximum absolute atomic E-state index is 10.9. The lowest BCUT2D eigenvalue weighted by Crippen LogP contribution is -2.02. The fourth-order valence-electron chi connectivity index (χ4n) is 2.53. The Labute approximate surface area is 204 Å². The molecule has 0 unspecified atom stereocenters. The molecule has 10 heteroatoms. The lowest BCUT2D eigenvalue weighted by Gasteiger charge is -2.11. The number of benzene rings is 3. The molecule has 0 aliphatic heterocycles. The predicted molar refractivity (Wildman–Crippen MR) is 134 cm³/mol. The number of aromatic carboxylic acids is 1. The molecule has 3 aromatic rings. The Balaban J connectivity index is 1.63. The zero-order valence-electron chi connectivity index (χ0n) is 15.8. The molecule has 0 amide bonds. The fourth-order valence-corrected chi connectivity index (χ4v) is 4.66. The van der Waals surface area contributed by atoms with E-state index in [0.29, 0.717) is 12.3 Å². The van der Waals surface area contributed by atoms with Crippen LogP contribution in [0.2, 0.25) is 0 Å². The topological polar surface area (TPSA) is 114 Å². The Morgan fingerprint density at radius 2 is 1.71 bits per heavy atom. The monoisotopic (exact) mass is 643 g/mol. The van der Waals surface area contributed by atoms with E-state index in [9.17, 15) is 14.9 Å². The van der Waals surface area contributed by atoms with Gasteiger partial charge < -0.3 is 9.84 Å². The SMILES string of the molecule is O=C(O)c1ccc(COc2c(I)cc(/C=N\Nc3ccc([N+](=O)[O-])cc3)cc2I)cc1. The number of non-ortho nitro benzene ring substituents is 1. The van der Waals surface area contributed by atoms with Gasteiger partial charge in [-0.1, -0.05) is 12.1 Å². The Hall–Kier alpha value is -2.74. The number of hydrogen-bond donors (Lipinski definition) is 2. The molecule has 0 fully saturated rings. The Morgan fingerprint density at radius 3 is 2.26 bits per heavy atom. The van der Waals surface area contributed by atoms with Crippen molar-refractivity contribution in [2.45, 2.75) is 6.61 Å². The lowest BCUT2D eigenvalue weighted by molar-refractivity contribution is -0.384. The Morgan fingerprint density at radius 1 is 1.10 bits per heavy atom. The van der Waals surface area contributed by atoms with Crippen molar-refractivity contribution in [3.05, 3.63) is 94.6 Å². The number of nitro benzene ring substituents is 1. The van der Waals surface area contributed by atoms with Gasteiger partial charge in [-0.05, 0) is 92.7 Å². The molecular formula is C21H15I2N3O5. The first-order valence-corrected chi connectivity index (χ1v) is 11.0. The van der Waals surface area contributed by atoms with Crippen LogP contribution in [0.15, 0.2) is 65.8 Å². The molecule has 0 aliphatic rings. The van der Waals surface area contributed by atoms with E-state index in [0.717, 1.165) is 24.0 Å². The van der Waals surface area contributed by atoms with E-state index in [-0.39, 0.29) is 11.3 Å². The average Bonchev–Trinajstić information content (AvgIpc) is 2.74. The van der Waals surface area contributed by atoms with Crippen LogP contribution in [0.4, 0.5) is 11.4 Å². The number of anilines is 1. The van der Waals surface area contributed by atoms with E-state index in [1.54, 1.807) is 42.6 Å². The molecule has 8 nitrogen and oxygen atoms in total. The number of carboxylic acid groups (broad SMARTS) is 1. The van der Waals surface area contributed by atoms with Gasteiger partial charge in [0.05, 0.1) is 29.5 Å². The number of nitrogens with one attached hydrogen (secondary N) is 1. The fraction of sp³-hybridized carbons (Fsp3) is 0.0476. The van der Waals surface area contributed by atoms with E-state index in [4.69, 9.17) is 9.84 Å². The summed E-state index contributed by atoms with van der Waals surface area (Å²) in [4.78, 5) is 21.2. The number of rotatable bonds is 8. The van der Waals surface area contributed by atoms with Gasteiger partial charge in [0.15, 0.2) is 0 Å². The second kappa shape index (κ2) is 10.5. The smallest absolute Gasteiger partial charge is 0.335 e. The number of nitrogens with zero attached hydrogens (tertiary/aromatic N) is 2. The standard InChI is InChI=1S/C21H15I2N3O5/c22-18-9-14(11-24-25-16-5-7-17(8-6-16)26(29)30)10-19(23)20(18)31-12-13-1-3-15(4-2-13)21(27)28/h1-11,25H,12H2,(H,27,28)/b24-11-. The predicted octanol–water partition coefficient (Wildman–Crippen LogP) is 5.53. The van der Waals surface area contributed by atoms with Crippen LogP contribution in [0.3, 0.4) is 0 Å². The zero-order valence-corrected chi connectivity index (χ0v) is 20.1. The summed E-state index contributed by atoms with van der Waals surface area (Å²) < 4.78 is 7.75. The summed E-state index contributed by atoms with van der Waals surface area (Å²) >= 11 is 4.38. The molecule has 0 atom stereocenters. The van der Waals surface area contributed by atoms with E-state index in [1.807, 2.05) is 12.1 Å². The molecule has 0 heterocycles. The second-order valence-electron chi connectivity index (χ2n) is 6.28. The highest BCUT2D eigenvalue weighted by atomic mass is 127. The molecule has 3 aromatic carbocycles. The first-order chi connectivity index (χ1) is 14.8. The molecule has 0 aliphatic carbocycles. The van der Waals surface area contributed by atoms with Crippen LogP contribution in [-0.4, -0.2) is 22.2 Å². The summed E-state index contributed by atoms with van der Waals surface area (Å²) in [6, 6.07) is 16.4. The van der Waals surface area contributed by atoms with Gasteiger partial charge in [0.25, 0.3) is 5.69 Å². The molecule has 31 heavy (non-hydrogen) atoms. The number of hydrogen-bond acceptors (Lipinski definition) is 6. The van der Waals surface area contributed by atoms with Gasteiger partial charge in [-0.15, -0.1) is 0 Å². The summed E-state index contributed by atoms with van der Waals surface area (Å²) in [5, 5.41) is 23.8. The van der Waals surface area contributed by atoms with Gasteiger partial charge in [0.1, 0.15) is 12.4 Å². The molecule has 2 N–H and O–H groups in total. The number of halogens is 2. The third-order valence-corrected chi connectivity index (χ3v) is 5.69. The van der Waals surface area contributed by atoms with Crippen LogP contribution >= 0.6 is 45.2 Å². The largest absolute Gasteiger partial charge is 0.487 e. The number of ether oxygens (including phenoxy) is 1. The highest BCUT2D eigenvalue weighted by Gasteiger charge is 2.10. The van der Waals surface area contributed by atoms with E-state index >= 15 is 0 Å². The number of nitro groups is 1. The van der Waals surface area contributed by atoms with Gasteiger partial charge in [-0.25, -0.2) is 4.79 Å². The van der Waals surface area contributed by atoms with Crippen LogP contribution in [0.5, 0.6) is 5.75 Å². The normalized spacial score (nSPS) is 10.8. The van der Waals surface area contributed by atoms with Crippen LogP contribution in [-0.2, 0) is 6.61 Å². The van der Waals surface area contributed by atoms with Crippen molar-refractivity contribution in [2.75, 3.05) is 5.43 Å². The second-order valence-corrected chi connectivity index (χ2v) is 8.60. The highest BCUT2D eigenvalue weighted by Crippen LogP contribution is 2.29. The third kappa shape index (κ3) is 6.37. The van der Waals surface area contributed by atoms with Crippen molar-refractivity contribution in [2.24, 2.45) is 5.10 Å². The van der Waals surface area contributed by atoms with Gasteiger partial charge in [0, 0.05) is 12.1 Å². The van der Waals surface area contributed by atoms with E-state index in [1.165, 1.54) is 12.1 Å². The van der Waals surface area contributed by atoms with Gasteiger partial charge in [0.2, 0.25) is 0 Å². The van der Waals surface area contributed by atoms with Crippen molar-refractivity contribution in [3.8, 4) is 5.75 Å². The first-order valence-electron chi connectivity index (χ1n) is 8.81.